The van der Waals surface area contributed by atoms with Gasteiger partial charge in [0.05, 0.1) is 60.9 Å². The average molecular weight is 848 g/mol. The first-order valence-electron chi connectivity index (χ1n) is 24.9. The maximum absolute atomic E-state index is 10.7. The van der Waals surface area contributed by atoms with E-state index in [9.17, 15) is 4.79 Å². The van der Waals surface area contributed by atoms with E-state index in [0.29, 0.717) is 17.8 Å². The van der Waals surface area contributed by atoms with E-state index in [1.165, 1.54) is 76.4 Å². The highest BCUT2D eigenvalue weighted by molar-refractivity contribution is 5.81. The highest BCUT2D eigenvalue weighted by atomic mass is 16.6. The van der Waals surface area contributed by atoms with Gasteiger partial charge in [-0.25, -0.2) is 0 Å². The van der Waals surface area contributed by atoms with Crippen LogP contribution in [0.2, 0.25) is 0 Å². The number of carbonyl (C=O) groups is 1. The summed E-state index contributed by atoms with van der Waals surface area (Å²) in [6, 6.07) is 10.6. The van der Waals surface area contributed by atoms with Crippen molar-refractivity contribution in [2.24, 2.45) is 10.8 Å². The molecule has 4 spiro atoms. The number of hydrogen-bond acceptors (Lipinski definition) is 7. The van der Waals surface area contributed by atoms with Crippen molar-refractivity contribution in [2.75, 3.05) is 53.2 Å². The van der Waals surface area contributed by atoms with Crippen LogP contribution < -0.4 is 0 Å². The fraction of sp³-hybridized carbons (Fsp3) is 0.868. The Labute approximate surface area is 373 Å². The molecule has 354 valence electrons. The standard InChI is InChI=1S/C11H14O.C7H13NO.C7H12O.C7H12.C6H8O2.C4H8O.5C2H6.CH4/c1-11(9-12-11)8-7-10-5-3-2-4-6-10;1-8-4-2-7(3-5-8)6-9-7;1-2-4-7(5-3-1)6-8-7;1-2-4-7(3-1)5-6-7;7-5-6(1-2-6)3-4-8-5;1-4(2)3-5-4;5*1-2;/h2-6H,7-9H2,1H3;2-6H2,1H3;1-6H2;1-6H2;1-4H2;3H2,1-2H3;5*1-2H3;1H4. The molecule has 1 unspecified atom stereocenters. The van der Waals surface area contributed by atoms with Crippen molar-refractivity contribution in [2.45, 2.75) is 235 Å². The predicted molar refractivity (Wildman–Crippen MR) is 257 cm³/mol. The summed E-state index contributed by atoms with van der Waals surface area (Å²) in [5.41, 5.74) is 3.65. The summed E-state index contributed by atoms with van der Waals surface area (Å²) >= 11 is 0. The molecular formula is C53H101NO6. The lowest BCUT2D eigenvalue weighted by molar-refractivity contribution is -0.142. The van der Waals surface area contributed by atoms with Gasteiger partial charge in [-0.2, -0.15) is 0 Å². The Bertz CT molecular complexity index is 1160. The van der Waals surface area contributed by atoms with Crippen LogP contribution >= 0.6 is 0 Å². The molecule has 11 rings (SSSR count). The van der Waals surface area contributed by atoms with Gasteiger partial charge in [-0.1, -0.05) is 139 Å². The lowest BCUT2D eigenvalue weighted by Crippen LogP contribution is -2.34. The zero-order valence-corrected chi connectivity index (χ0v) is 41.5. The van der Waals surface area contributed by atoms with Crippen molar-refractivity contribution >= 4 is 5.97 Å². The number of aryl methyl sites for hydroxylation is 1. The normalized spacial score (nSPS) is 25.9. The molecule has 6 aliphatic heterocycles. The Balaban J connectivity index is 0.000000673. The van der Waals surface area contributed by atoms with Gasteiger partial charge >= 0.3 is 5.97 Å². The summed E-state index contributed by atoms with van der Waals surface area (Å²) in [6.07, 6.45) is 24.1. The summed E-state index contributed by atoms with van der Waals surface area (Å²) in [4.78, 5) is 13.1. The van der Waals surface area contributed by atoms with Crippen molar-refractivity contribution in [3.05, 3.63) is 35.9 Å². The molecule has 0 amide bonds. The van der Waals surface area contributed by atoms with E-state index in [2.05, 4.69) is 63.1 Å². The second kappa shape index (κ2) is 29.8. The molecule has 1 aromatic rings. The Kier molecular flexibility index (Phi) is 29.0. The van der Waals surface area contributed by atoms with Gasteiger partial charge in [-0.15, -0.1) is 0 Å². The van der Waals surface area contributed by atoms with Crippen LogP contribution in [0.4, 0.5) is 0 Å². The number of nitrogens with zero attached hydrogens (tertiary/aromatic N) is 1. The summed E-state index contributed by atoms with van der Waals surface area (Å²) in [5, 5.41) is 0. The predicted octanol–water partition coefficient (Wildman–Crippen LogP) is 14.2. The number of benzene rings is 1. The molecule has 0 bridgehead atoms. The number of carbonyl (C=O) groups excluding carboxylic acids is 1. The lowest BCUT2D eigenvalue weighted by Gasteiger charge is -2.26. The number of ether oxygens (including phenoxy) is 5. The minimum atomic E-state index is 0. The molecule has 7 heteroatoms. The van der Waals surface area contributed by atoms with Crippen LogP contribution in [-0.4, -0.2) is 86.4 Å². The molecule has 10 fully saturated rings. The first-order chi connectivity index (χ1) is 28.5. The van der Waals surface area contributed by atoms with Crippen LogP contribution in [0, 0.1) is 10.8 Å². The molecule has 4 aliphatic carbocycles. The molecule has 7 nitrogen and oxygen atoms in total. The molecule has 1 atom stereocenters. The van der Waals surface area contributed by atoms with E-state index < -0.39 is 0 Å². The topological polar surface area (TPSA) is 79.7 Å². The highest BCUT2D eigenvalue weighted by Crippen LogP contribution is 2.57. The SMILES string of the molecule is C.C1CCC2(C1)CC2.C1CCC2(CC1)CO2.CC.CC.CC.CC.CC.CC1(C)CO1.CC1(CCc2ccccc2)CO1.CN1CCC2(CC1)CO2.O=C1OCCC12CC2. The van der Waals surface area contributed by atoms with Crippen LogP contribution in [-0.2, 0) is 34.9 Å². The van der Waals surface area contributed by atoms with Crippen LogP contribution in [0.1, 0.15) is 212 Å². The van der Waals surface area contributed by atoms with Gasteiger partial charge in [0.1, 0.15) is 0 Å². The van der Waals surface area contributed by atoms with Gasteiger partial charge in [0, 0.05) is 13.1 Å². The number of piperidine rings is 1. The average Bonchev–Trinajstić information content (AvgIpc) is 3.99. The van der Waals surface area contributed by atoms with E-state index in [1.807, 2.05) is 69.2 Å². The monoisotopic (exact) mass is 848 g/mol. The Morgan fingerprint density at radius 1 is 0.550 bits per heavy atom. The maximum Gasteiger partial charge on any atom is 0.312 e. The van der Waals surface area contributed by atoms with E-state index in [1.54, 1.807) is 25.7 Å². The summed E-state index contributed by atoms with van der Waals surface area (Å²) < 4.78 is 25.7. The Morgan fingerprint density at radius 3 is 1.28 bits per heavy atom. The number of cyclic esters (lactones) is 1. The van der Waals surface area contributed by atoms with Crippen molar-refractivity contribution in [1.82, 2.24) is 4.90 Å². The molecule has 10 aliphatic rings. The van der Waals surface area contributed by atoms with Crippen molar-refractivity contribution in [3.8, 4) is 0 Å². The van der Waals surface area contributed by atoms with Gasteiger partial charge in [0.2, 0.25) is 0 Å². The van der Waals surface area contributed by atoms with Crippen molar-refractivity contribution < 1.29 is 28.5 Å². The van der Waals surface area contributed by atoms with E-state index >= 15 is 0 Å². The molecule has 60 heavy (non-hydrogen) atoms. The van der Waals surface area contributed by atoms with E-state index in [-0.39, 0.29) is 30.0 Å². The molecule has 6 heterocycles. The largest absolute Gasteiger partial charge is 0.465 e. The van der Waals surface area contributed by atoms with Crippen molar-refractivity contribution in [3.63, 3.8) is 0 Å². The summed E-state index contributed by atoms with van der Waals surface area (Å²) in [7, 11) is 2.18. The second-order valence-electron chi connectivity index (χ2n) is 18.0. The minimum absolute atomic E-state index is 0. The second-order valence-corrected chi connectivity index (χ2v) is 18.0. The first-order valence-corrected chi connectivity index (χ1v) is 24.9. The molecule has 0 N–H and O–H groups in total. The van der Waals surface area contributed by atoms with Gasteiger partial charge in [0.25, 0.3) is 0 Å². The zero-order valence-electron chi connectivity index (χ0n) is 41.5. The van der Waals surface area contributed by atoms with Crippen LogP contribution in [0.15, 0.2) is 30.3 Å². The number of epoxide rings is 4. The number of rotatable bonds is 3. The van der Waals surface area contributed by atoms with Crippen molar-refractivity contribution in [1.29, 1.82) is 0 Å². The molecule has 6 saturated heterocycles. The minimum Gasteiger partial charge on any atom is -0.465 e. The smallest absolute Gasteiger partial charge is 0.312 e. The Morgan fingerprint density at radius 2 is 0.983 bits per heavy atom. The first kappa shape index (κ1) is 58.5. The van der Waals surface area contributed by atoms with Crippen LogP contribution in [0.25, 0.3) is 0 Å². The van der Waals surface area contributed by atoms with Crippen LogP contribution in [0.5, 0.6) is 0 Å². The quantitative estimate of drug-likeness (QED) is 0.221. The molecule has 0 radical (unpaired) electrons. The van der Waals surface area contributed by atoms with Gasteiger partial charge < -0.3 is 28.6 Å². The molecular weight excluding hydrogens is 747 g/mol. The Hall–Kier alpha value is -1.51. The molecule has 0 aromatic heterocycles. The third-order valence-electron chi connectivity index (χ3n) is 12.6. The third-order valence-corrected chi connectivity index (χ3v) is 12.6. The fourth-order valence-electron chi connectivity index (χ4n) is 7.47. The molecule has 1 aromatic carbocycles. The van der Waals surface area contributed by atoms with E-state index in [0.717, 1.165) is 63.9 Å². The van der Waals surface area contributed by atoms with Gasteiger partial charge in [-0.05, 0) is 122 Å². The number of esters is 1. The highest BCUT2D eigenvalue weighted by Gasteiger charge is 2.54. The fourth-order valence-corrected chi connectivity index (χ4v) is 7.47. The maximum atomic E-state index is 10.7. The number of hydrogen-bond donors (Lipinski definition) is 0. The summed E-state index contributed by atoms with van der Waals surface area (Å²) in [5.74, 6) is 0.0532. The molecule has 4 saturated carbocycles. The lowest BCUT2D eigenvalue weighted by atomic mass is 9.90. The number of likely N-dealkylation sites (tertiary alicyclic amines) is 1. The van der Waals surface area contributed by atoms with E-state index in [4.69, 9.17) is 23.7 Å². The zero-order chi connectivity index (χ0) is 44.5. The summed E-state index contributed by atoms with van der Waals surface area (Å²) in [6.45, 7) is 33.4. The van der Waals surface area contributed by atoms with Crippen LogP contribution in [0.3, 0.4) is 0 Å². The third kappa shape index (κ3) is 23.3. The van der Waals surface area contributed by atoms with Gasteiger partial charge in [0.15, 0.2) is 0 Å². The van der Waals surface area contributed by atoms with Gasteiger partial charge in [-0.3, -0.25) is 4.79 Å².